The Morgan fingerprint density at radius 1 is 1.15 bits per heavy atom. The zero-order valence-electron chi connectivity index (χ0n) is 7.91. The molecule has 0 aromatic heterocycles. The van der Waals surface area contributed by atoms with Gasteiger partial charge in [-0.15, -0.1) is 0 Å². The van der Waals surface area contributed by atoms with Crippen LogP contribution in [-0.4, -0.2) is 18.7 Å². The quantitative estimate of drug-likeness (QED) is 0.718. The van der Waals surface area contributed by atoms with Gasteiger partial charge in [0.15, 0.2) is 0 Å². The van der Waals surface area contributed by atoms with Crippen LogP contribution in [0.15, 0.2) is 0 Å². The van der Waals surface area contributed by atoms with E-state index in [4.69, 9.17) is 4.55 Å². The first kappa shape index (κ1) is 11.0. The summed E-state index contributed by atoms with van der Waals surface area (Å²) in [6.07, 6.45) is 7.96. The zero-order chi connectivity index (χ0) is 9.73. The molecule has 3 nitrogen and oxygen atoms in total. The third kappa shape index (κ3) is 5.26. The predicted octanol–water partition coefficient (Wildman–Crippen LogP) is 2.23. The lowest BCUT2D eigenvalue weighted by molar-refractivity contribution is 0.335. The van der Waals surface area contributed by atoms with Crippen LogP contribution in [0.25, 0.3) is 0 Å². The molecule has 1 N–H and O–H groups in total. The number of hydrogen-bond acceptors (Lipinski definition) is 2. The summed E-state index contributed by atoms with van der Waals surface area (Å²) in [6.45, 7) is 0. The Morgan fingerprint density at radius 2 is 1.77 bits per heavy atom. The van der Waals surface area contributed by atoms with Crippen LogP contribution in [0.5, 0.6) is 0 Å². The molecule has 0 spiro atoms. The van der Waals surface area contributed by atoms with Crippen LogP contribution in [0, 0.1) is 5.92 Å². The Kier molecular flexibility index (Phi) is 4.19. The van der Waals surface area contributed by atoms with Crippen molar-refractivity contribution in [3.05, 3.63) is 0 Å². The third-order valence-corrected chi connectivity index (χ3v) is 3.54. The minimum absolute atomic E-state index is 0.0660. The van der Waals surface area contributed by atoms with E-state index in [0.717, 1.165) is 6.42 Å². The summed E-state index contributed by atoms with van der Waals surface area (Å²) in [6, 6.07) is 0. The molecule has 0 heterocycles. The zero-order valence-corrected chi connectivity index (χ0v) is 8.72. The van der Waals surface area contributed by atoms with Gasteiger partial charge in [-0.05, 0) is 18.8 Å². The molecule has 0 atom stereocenters. The summed E-state index contributed by atoms with van der Waals surface area (Å²) in [5, 5.41) is 0. The van der Waals surface area contributed by atoms with Crippen LogP contribution < -0.4 is 0 Å². The molecule has 13 heavy (non-hydrogen) atoms. The SMILES string of the molecule is O=S(=O)(O)CCCC1CCCCC1. The fourth-order valence-electron chi connectivity index (χ4n) is 2.03. The standard InChI is InChI=1S/C9H18O3S/c10-13(11,12)8-4-7-9-5-2-1-3-6-9/h9H,1-8H2,(H,10,11,12). The van der Waals surface area contributed by atoms with E-state index >= 15 is 0 Å². The van der Waals surface area contributed by atoms with Crippen LogP contribution in [0.3, 0.4) is 0 Å². The van der Waals surface area contributed by atoms with E-state index in [1.807, 2.05) is 0 Å². The molecule has 4 heteroatoms. The second-order valence-corrected chi connectivity index (χ2v) is 5.50. The first-order valence-corrected chi connectivity index (χ1v) is 6.64. The molecule has 78 valence electrons. The van der Waals surface area contributed by atoms with Crippen LogP contribution in [0.4, 0.5) is 0 Å². The molecule has 0 aromatic rings. The van der Waals surface area contributed by atoms with Crippen molar-refractivity contribution in [1.82, 2.24) is 0 Å². The molecule has 0 saturated heterocycles. The molecule has 1 aliphatic rings. The molecule has 1 fully saturated rings. The highest BCUT2D eigenvalue weighted by Crippen LogP contribution is 2.27. The van der Waals surface area contributed by atoms with Gasteiger partial charge in [0, 0.05) is 0 Å². The maximum absolute atomic E-state index is 10.4. The molecule has 0 radical (unpaired) electrons. The lowest BCUT2D eigenvalue weighted by atomic mass is 9.86. The average Bonchev–Trinajstić information content (AvgIpc) is 2.04. The van der Waals surface area contributed by atoms with Gasteiger partial charge in [0.1, 0.15) is 0 Å². The average molecular weight is 206 g/mol. The van der Waals surface area contributed by atoms with E-state index in [1.165, 1.54) is 32.1 Å². The summed E-state index contributed by atoms with van der Waals surface area (Å²) >= 11 is 0. The first-order valence-electron chi connectivity index (χ1n) is 5.03. The van der Waals surface area contributed by atoms with E-state index in [0.29, 0.717) is 12.3 Å². The van der Waals surface area contributed by atoms with Crippen molar-refractivity contribution in [2.24, 2.45) is 5.92 Å². The Morgan fingerprint density at radius 3 is 2.31 bits per heavy atom. The van der Waals surface area contributed by atoms with Gasteiger partial charge in [0.25, 0.3) is 10.1 Å². The van der Waals surface area contributed by atoms with E-state index in [9.17, 15) is 8.42 Å². The monoisotopic (exact) mass is 206 g/mol. The largest absolute Gasteiger partial charge is 0.286 e. The van der Waals surface area contributed by atoms with E-state index < -0.39 is 10.1 Å². The molecule has 0 amide bonds. The maximum atomic E-state index is 10.4. The minimum Gasteiger partial charge on any atom is -0.286 e. The molecule has 0 unspecified atom stereocenters. The summed E-state index contributed by atoms with van der Waals surface area (Å²) in [4.78, 5) is 0. The van der Waals surface area contributed by atoms with E-state index in [1.54, 1.807) is 0 Å². The van der Waals surface area contributed by atoms with E-state index in [2.05, 4.69) is 0 Å². The Hall–Kier alpha value is -0.0900. The van der Waals surface area contributed by atoms with E-state index in [-0.39, 0.29) is 5.75 Å². The van der Waals surface area contributed by atoms with Gasteiger partial charge in [0.05, 0.1) is 5.75 Å². The van der Waals surface area contributed by atoms with Crippen molar-refractivity contribution in [1.29, 1.82) is 0 Å². The van der Waals surface area contributed by atoms with Crippen molar-refractivity contribution < 1.29 is 13.0 Å². The molecular formula is C9H18O3S. The molecular weight excluding hydrogens is 188 g/mol. The number of rotatable bonds is 4. The minimum atomic E-state index is -3.72. The molecule has 1 rings (SSSR count). The van der Waals surface area contributed by atoms with Gasteiger partial charge in [-0.2, -0.15) is 8.42 Å². The normalized spacial score (nSPS) is 20.4. The van der Waals surface area contributed by atoms with Crippen molar-refractivity contribution in [2.45, 2.75) is 44.9 Å². The van der Waals surface area contributed by atoms with Crippen LogP contribution >= 0.6 is 0 Å². The van der Waals surface area contributed by atoms with Crippen molar-refractivity contribution >= 4 is 10.1 Å². The van der Waals surface area contributed by atoms with Crippen molar-refractivity contribution in [2.75, 3.05) is 5.75 Å². The summed E-state index contributed by atoms with van der Waals surface area (Å²) < 4.78 is 29.4. The fraction of sp³-hybridized carbons (Fsp3) is 1.00. The molecule has 0 aliphatic heterocycles. The second kappa shape index (κ2) is 4.96. The van der Waals surface area contributed by atoms with Crippen LogP contribution in [-0.2, 0) is 10.1 Å². The molecule has 1 saturated carbocycles. The fourth-order valence-corrected chi connectivity index (χ4v) is 2.56. The summed E-state index contributed by atoms with van der Waals surface area (Å²) in [5.41, 5.74) is 0. The maximum Gasteiger partial charge on any atom is 0.264 e. The highest BCUT2D eigenvalue weighted by atomic mass is 32.2. The second-order valence-electron chi connectivity index (χ2n) is 3.93. The van der Waals surface area contributed by atoms with Gasteiger partial charge in [-0.1, -0.05) is 32.1 Å². The third-order valence-electron chi connectivity index (χ3n) is 2.74. The topological polar surface area (TPSA) is 54.4 Å². The molecule has 0 aromatic carbocycles. The molecule has 1 aliphatic carbocycles. The summed E-state index contributed by atoms with van der Waals surface area (Å²) in [5.74, 6) is 0.638. The van der Waals surface area contributed by atoms with Gasteiger partial charge < -0.3 is 0 Å². The van der Waals surface area contributed by atoms with Crippen molar-refractivity contribution in [3.63, 3.8) is 0 Å². The Bertz CT molecular complexity index is 227. The van der Waals surface area contributed by atoms with Crippen molar-refractivity contribution in [3.8, 4) is 0 Å². The highest BCUT2D eigenvalue weighted by molar-refractivity contribution is 7.85. The lowest BCUT2D eigenvalue weighted by Gasteiger charge is -2.20. The lowest BCUT2D eigenvalue weighted by Crippen LogP contribution is -2.09. The van der Waals surface area contributed by atoms with Gasteiger partial charge in [-0.3, -0.25) is 4.55 Å². The summed E-state index contributed by atoms with van der Waals surface area (Å²) in [7, 11) is -3.72. The number of hydrogen-bond donors (Lipinski definition) is 1. The van der Waals surface area contributed by atoms with Gasteiger partial charge >= 0.3 is 0 Å². The van der Waals surface area contributed by atoms with Crippen LogP contribution in [0.2, 0.25) is 0 Å². The highest BCUT2D eigenvalue weighted by Gasteiger charge is 2.14. The molecule has 0 bridgehead atoms. The van der Waals surface area contributed by atoms with Gasteiger partial charge in [-0.25, -0.2) is 0 Å². The first-order chi connectivity index (χ1) is 6.08. The Labute approximate surface area is 80.3 Å². The smallest absolute Gasteiger partial charge is 0.264 e. The predicted molar refractivity (Wildman–Crippen MR) is 52.2 cm³/mol. The Balaban J connectivity index is 2.11. The van der Waals surface area contributed by atoms with Crippen LogP contribution in [0.1, 0.15) is 44.9 Å². The van der Waals surface area contributed by atoms with Gasteiger partial charge in [0.2, 0.25) is 0 Å².